The Morgan fingerprint density at radius 1 is 0.315 bits per heavy atom. The highest BCUT2D eigenvalue weighted by Gasteiger charge is 2.16. The third kappa shape index (κ3) is 7.27. The fraction of sp³-hybridized carbons (Fsp3) is 0.0417. The Morgan fingerprint density at radius 3 is 0.722 bits per heavy atom. The number of aldehydes is 4. The van der Waals surface area contributed by atoms with Gasteiger partial charge in [0.05, 0.1) is 0 Å². The number of aryl methyl sites for hydroxylation is 2. The van der Waals surface area contributed by atoms with Crippen LogP contribution in [0.25, 0.3) is 22.3 Å². The second-order valence-electron chi connectivity index (χ2n) is 13.1. The number of hydrogen-bond acceptors (Lipinski definition) is 6. The average Bonchev–Trinajstić information content (AvgIpc) is 3.23. The SMILES string of the molecule is Cc1cc(-c2ccc(N(c3ccc(C=O)cc3)c3ccc(C=O)cc3)cc2)c(C)cc1-c1ccc(N(c2ccc(C=O)cc2)c2ccc(C=O)cc2)cc1. The molecule has 0 saturated carbocycles. The van der Waals surface area contributed by atoms with E-state index in [2.05, 4.69) is 84.3 Å². The number of anilines is 6. The molecular formula is C48H36N2O4. The molecular weight excluding hydrogens is 669 g/mol. The first-order chi connectivity index (χ1) is 26.4. The molecule has 262 valence electrons. The first-order valence-corrected chi connectivity index (χ1v) is 17.5. The van der Waals surface area contributed by atoms with Crippen LogP contribution < -0.4 is 9.80 Å². The quantitative estimate of drug-likeness (QED) is 0.118. The molecule has 54 heavy (non-hydrogen) atoms. The molecule has 0 radical (unpaired) electrons. The zero-order valence-corrected chi connectivity index (χ0v) is 29.8. The van der Waals surface area contributed by atoms with Gasteiger partial charge in [0, 0.05) is 56.4 Å². The number of hydrogen-bond donors (Lipinski definition) is 0. The van der Waals surface area contributed by atoms with Gasteiger partial charge in [0.2, 0.25) is 0 Å². The molecule has 0 aliphatic carbocycles. The van der Waals surface area contributed by atoms with E-state index in [1.165, 1.54) is 0 Å². The van der Waals surface area contributed by atoms with E-state index in [4.69, 9.17) is 0 Å². The number of carbonyl (C=O) groups excluding carboxylic acids is 4. The predicted octanol–water partition coefficient (Wildman–Crippen LogP) is 11.8. The summed E-state index contributed by atoms with van der Waals surface area (Å²) in [6.07, 6.45) is 3.32. The molecule has 7 aromatic rings. The number of nitrogens with zero attached hydrogens (tertiary/aromatic N) is 2. The maximum atomic E-state index is 11.3. The van der Waals surface area contributed by atoms with Crippen molar-refractivity contribution < 1.29 is 19.2 Å². The third-order valence-corrected chi connectivity index (χ3v) is 9.59. The van der Waals surface area contributed by atoms with Gasteiger partial charge in [0.15, 0.2) is 0 Å². The highest BCUT2D eigenvalue weighted by molar-refractivity contribution is 5.86. The van der Waals surface area contributed by atoms with E-state index >= 15 is 0 Å². The average molecular weight is 705 g/mol. The minimum Gasteiger partial charge on any atom is -0.311 e. The molecule has 0 amide bonds. The van der Waals surface area contributed by atoms with Crippen molar-refractivity contribution in [3.63, 3.8) is 0 Å². The van der Waals surface area contributed by atoms with Crippen LogP contribution in [0.1, 0.15) is 52.6 Å². The summed E-state index contributed by atoms with van der Waals surface area (Å²) < 4.78 is 0. The van der Waals surface area contributed by atoms with Crippen molar-refractivity contribution in [2.24, 2.45) is 0 Å². The Bertz CT molecular complexity index is 2160. The molecule has 0 heterocycles. The van der Waals surface area contributed by atoms with Crippen molar-refractivity contribution in [3.05, 3.63) is 191 Å². The molecule has 6 heteroatoms. The summed E-state index contributed by atoms with van der Waals surface area (Å²) in [5.41, 5.74) is 14.6. The summed E-state index contributed by atoms with van der Waals surface area (Å²) >= 11 is 0. The van der Waals surface area contributed by atoms with E-state index in [0.29, 0.717) is 22.3 Å². The van der Waals surface area contributed by atoms with Crippen LogP contribution in [0.5, 0.6) is 0 Å². The van der Waals surface area contributed by atoms with Crippen LogP contribution >= 0.6 is 0 Å². The van der Waals surface area contributed by atoms with Crippen LogP contribution in [0.4, 0.5) is 34.1 Å². The summed E-state index contributed by atoms with van der Waals surface area (Å²) in [4.78, 5) is 49.5. The van der Waals surface area contributed by atoms with Crippen LogP contribution in [0.15, 0.2) is 158 Å². The molecule has 0 aromatic heterocycles. The van der Waals surface area contributed by atoms with Crippen LogP contribution in [0.3, 0.4) is 0 Å². The molecule has 0 aliphatic rings. The zero-order chi connectivity index (χ0) is 37.6. The third-order valence-electron chi connectivity index (χ3n) is 9.59. The normalized spacial score (nSPS) is 10.7. The minimum atomic E-state index is 0.599. The van der Waals surface area contributed by atoms with Gasteiger partial charge in [-0.15, -0.1) is 0 Å². The van der Waals surface area contributed by atoms with Gasteiger partial charge in [-0.25, -0.2) is 0 Å². The lowest BCUT2D eigenvalue weighted by Crippen LogP contribution is -2.10. The number of carbonyl (C=O) groups is 4. The van der Waals surface area contributed by atoms with Gasteiger partial charge in [-0.3, -0.25) is 19.2 Å². The van der Waals surface area contributed by atoms with Gasteiger partial charge in [-0.1, -0.05) is 36.4 Å². The van der Waals surface area contributed by atoms with E-state index in [9.17, 15) is 19.2 Å². The maximum Gasteiger partial charge on any atom is 0.150 e. The van der Waals surface area contributed by atoms with Crippen molar-refractivity contribution in [3.8, 4) is 22.3 Å². The first kappa shape index (κ1) is 35.2. The molecule has 0 N–H and O–H groups in total. The van der Waals surface area contributed by atoms with Crippen molar-refractivity contribution in [1.29, 1.82) is 0 Å². The Kier molecular flexibility index (Phi) is 10.2. The molecule has 0 unspecified atom stereocenters. The molecule has 0 atom stereocenters. The van der Waals surface area contributed by atoms with Crippen LogP contribution in [-0.2, 0) is 0 Å². The lowest BCUT2D eigenvalue weighted by atomic mass is 9.91. The van der Waals surface area contributed by atoms with Gasteiger partial charge < -0.3 is 9.80 Å². The molecule has 0 aliphatic heterocycles. The lowest BCUT2D eigenvalue weighted by Gasteiger charge is -2.26. The lowest BCUT2D eigenvalue weighted by molar-refractivity contribution is 0.111. The van der Waals surface area contributed by atoms with Crippen LogP contribution in [-0.4, -0.2) is 25.1 Å². The van der Waals surface area contributed by atoms with Gasteiger partial charge in [-0.2, -0.15) is 0 Å². The fourth-order valence-corrected chi connectivity index (χ4v) is 6.72. The van der Waals surface area contributed by atoms with Crippen molar-refractivity contribution in [2.75, 3.05) is 9.80 Å². The predicted molar refractivity (Wildman–Crippen MR) is 218 cm³/mol. The molecule has 0 saturated heterocycles. The molecule has 7 rings (SSSR count). The number of benzene rings is 7. The van der Waals surface area contributed by atoms with Crippen LogP contribution in [0.2, 0.25) is 0 Å². The van der Waals surface area contributed by atoms with E-state index in [0.717, 1.165) is 92.6 Å². The second kappa shape index (κ2) is 15.6. The highest BCUT2D eigenvalue weighted by atomic mass is 16.1. The Labute approximate surface area is 314 Å². The fourth-order valence-electron chi connectivity index (χ4n) is 6.72. The smallest absolute Gasteiger partial charge is 0.150 e. The van der Waals surface area contributed by atoms with E-state index < -0.39 is 0 Å². The zero-order valence-electron chi connectivity index (χ0n) is 29.8. The van der Waals surface area contributed by atoms with Gasteiger partial charge in [0.1, 0.15) is 25.1 Å². The molecule has 0 bridgehead atoms. The summed E-state index contributed by atoms with van der Waals surface area (Å²) in [6, 6.07) is 51.0. The maximum absolute atomic E-state index is 11.3. The largest absolute Gasteiger partial charge is 0.311 e. The molecule has 7 aromatic carbocycles. The molecule has 0 spiro atoms. The molecule has 6 nitrogen and oxygen atoms in total. The van der Waals surface area contributed by atoms with E-state index in [1.54, 1.807) is 48.5 Å². The summed E-state index contributed by atoms with van der Waals surface area (Å²) in [7, 11) is 0. The Hall–Kier alpha value is -7.18. The first-order valence-electron chi connectivity index (χ1n) is 17.5. The number of rotatable bonds is 12. The standard InChI is InChI=1S/C48H36N2O4/c1-33-27-48(40-13-25-46(26-14-40)50(43-19-7-37(31-53)8-20-43)44-21-9-38(32-54)10-22-44)34(2)28-47(33)39-11-23-45(24-12-39)49(41-15-3-35(29-51)4-16-41)42-17-5-36(30-52)6-18-42/h3-32H,1-2H3. The topological polar surface area (TPSA) is 74.8 Å². The van der Waals surface area contributed by atoms with Gasteiger partial charge in [0.25, 0.3) is 0 Å². The molecule has 0 fully saturated rings. The van der Waals surface area contributed by atoms with Crippen molar-refractivity contribution >= 4 is 59.3 Å². The van der Waals surface area contributed by atoms with Gasteiger partial charge >= 0.3 is 0 Å². The second-order valence-corrected chi connectivity index (χ2v) is 13.1. The Morgan fingerprint density at radius 2 is 0.519 bits per heavy atom. The monoisotopic (exact) mass is 704 g/mol. The summed E-state index contributed by atoms with van der Waals surface area (Å²) in [6.45, 7) is 4.26. The van der Waals surface area contributed by atoms with E-state index in [1.807, 2.05) is 48.5 Å². The van der Waals surface area contributed by atoms with E-state index in [-0.39, 0.29) is 0 Å². The van der Waals surface area contributed by atoms with Crippen molar-refractivity contribution in [2.45, 2.75) is 13.8 Å². The summed E-state index contributed by atoms with van der Waals surface area (Å²) in [5, 5.41) is 0. The highest BCUT2D eigenvalue weighted by Crippen LogP contribution is 2.39. The van der Waals surface area contributed by atoms with Crippen molar-refractivity contribution in [1.82, 2.24) is 0 Å². The van der Waals surface area contributed by atoms with Gasteiger partial charge in [-0.05, 0) is 169 Å². The summed E-state index contributed by atoms with van der Waals surface area (Å²) in [5.74, 6) is 0. The Balaban J connectivity index is 1.18. The van der Waals surface area contributed by atoms with Crippen LogP contribution in [0, 0.1) is 13.8 Å². The minimum absolute atomic E-state index is 0.599.